The van der Waals surface area contributed by atoms with Crippen LogP contribution in [0.4, 0.5) is 11.4 Å². The smallest absolute Gasteiger partial charge is 0.327 e. The van der Waals surface area contributed by atoms with Crippen molar-refractivity contribution in [1.29, 1.82) is 0 Å². The maximum absolute atomic E-state index is 11.2. The molecule has 0 aliphatic rings. The van der Waals surface area contributed by atoms with Gasteiger partial charge in [-0.2, -0.15) is 0 Å². The fraction of sp³-hybridized carbons (Fsp3) is 0.364. The SMILES string of the molecule is COC(=O)C(C)Nc1ccc(N)c(C)c1. The second-order valence-corrected chi connectivity index (χ2v) is 3.46. The van der Waals surface area contributed by atoms with Crippen LogP contribution < -0.4 is 11.1 Å². The van der Waals surface area contributed by atoms with Crippen LogP contribution in [0.15, 0.2) is 18.2 Å². The second kappa shape index (κ2) is 4.68. The Labute approximate surface area is 89.4 Å². The van der Waals surface area contributed by atoms with Gasteiger partial charge < -0.3 is 15.8 Å². The van der Waals surface area contributed by atoms with Crippen LogP contribution in [-0.4, -0.2) is 19.1 Å². The Morgan fingerprint density at radius 1 is 1.53 bits per heavy atom. The fourth-order valence-corrected chi connectivity index (χ4v) is 1.25. The van der Waals surface area contributed by atoms with Gasteiger partial charge in [-0.25, -0.2) is 4.79 Å². The zero-order valence-corrected chi connectivity index (χ0v) is 9.20. The van der Waals surface area contributed by atoms with Gasteiger partial charge >= 0.3 is 5.97 Å². The van der Waals surface area contributed by atoms with Crippen molar-refractivity contribution < 1.29 is 9.53 Å². The van der Waals surface area contributed by atoms with Crippen molar-refractivity contribution in [3.8, 4) is 0 Å². The highest BCUT2D eigenvalue weighted by molar-refractivity contribution is 5.78. The molecule has 0 amide bonds. The molecule has 15 heavy (non-hydrogen) atoms. The molecule has 1 rings (SSSR count). The average Bonchev–Trinajstić information content (AvgIpc) is 2.22. The lowest BCUT2D eigenvalue weighted by atomic mass is 10.1. The number of carbonyl (C=O) groups is 1. The molecule has 4 nitrogen and oxygen atoms in total. The predicted molar refractivity (Wildman–Crippen MR) is 60.7 cm³/mol. The Kier molecular flexibility index (Phi) is 3.55. The van der Waals surface area contributed by atoms with E-state index in [9.17, 15) is 4.79 Å². The number of nitrogens with one attached hydrogen (secondary N) is 1. The van der Waals surface area contributed by atoms with Crippen molar-refractivity contribution in [3.63, 3.8) is 0 Å². The van der Waals surface area contributed by atoms with Gasteiger partial charge in [-0.15, -0.1) is 0 Å². The van der Waals surface area contributed by atoms with E-state index in [1.807, 2.05) is 25.1 Å². The molecule has 4 heteroatoms. The minimum Gasteiger partial charge on any atom is -0.467 e. The van der Waals surface area contributed by atoms with Gasteiger partial charge in [0.2, 0.25) is 0 Å². The van der Waals surface area contributed by atoms with Crippen molar-refractivity contribution in [3.05, 3.63) is 23.8 Å². The van der Waals surface area contributed by atoms with Gasteiger partial charge in [-0.1, -0.05) is 0 Å². The van der Waals surface area contributed by atoms with Gasteiger partial charge in [-0.05, 0) is 37.6 Å². The van der Waals surface area contributed by atoms with Crippen molar-refractivity contribution in [1.82, 2.24) is 0 Å². The summed E-state index contributed by atoms with van der Waals surface area (Å²) in [6, 6.07) is 5.18. The lowest BCUT2D eigenvalue weighted by Gasteiger charge is -2.13. The van der Waals surface area contributed by atoms with E-state index in [1.165, 1.54) is 7.11 Å². The number of nitrogen functional groups attached to an aromatic ring is 1. The number of nitrogens with two attached hydrogens (primary N) is 1. The van der Waals surface area contributed by atoms with Gasteiger partial charge in [0.05, 0.1) is 7.11 Å². The summed E-state index contributed by atoms with van der Waals surface area (Å²) in [7, 11) is 1.37. The minimum atomic E-state index is -0.363. The molecule has 0 spiro atoms. The Morgan fingerprint density at radius 3 is 2.73 bits per heavy atom. The molecule has 3 N–H and O–H groups in total. The van der Waals surface area contributed by atoms with E-state index in [0.29, 0.717) is 0 Å². The molecule has 0 fully saturated rings. The van der Waals surface area contributed by atoms with E-state index in [0.717, 1.165) is 16.9 Å². The summed E-state index contributed by atoms with van der Waals surface area (Å²) in [5, 5.41) is 3.03. The van der Waals surface area contributed by atoms with E-state index in [-0.39, 0.29) is 12.0 Å². The van der Waals surface area contributed by atoms with Crippen LogP contribution in [0.1, 0.15) is 12.5 Å². The monoisotopic (exact) mass is 208 g/mol. The topological polar surface area (TPSA) is 64.3 Å². The van der Waals surface area contributed by atoms with E-state index in [1.54, 1.807) is 6.92 Å². The van der Waals surface area contributed by atoms with Crippen LogP contribution in [0, 0.1) is 6.92 Å². The van der Waals surface area contributed by atoms with Gasteiger partial charge in [0, 0.05) is 11.4 Å². The fourth-order valence-electron chi connectivity index (χ4n) is 1.25. The molecule has 0 saturated carbocycles. The molecule has 1 aromatic carbocycles. The predicted octanol–water partition coefficient (Wildman–Crippen LogP) is 1.55. The van der Waals surface area contributed by atoms with Gasteiger partial charge in [0.15, 0.2) is 0 Å². The normalized spacial score (nSPS) is 11.9. The number of carbonyl (C=O) groups excluding carboxylic acids is 1. The molecule has 0 aromatic heterocycles. The number of benzene rings is 1. The van der Waals surface area contributed by atoms with E-state index in [2.05, 4.69) is 10.1 Å². The third kappa shape index (κ3) is 2.87. The number of hydrogen-bond donors (Lipinski definition) is 2. The molecule has 1 atom stereocenters. The Balaban J connectivity index is 2.73. The summed E-state index contributed by atoms with van der Waals surface area (Å²) in [5.41, 5.74) is 8.27. The summed E-state index contributed by atoms with van der Waals surface area (Å²) < 4.78 is 4.61. The molecule has 0 saturated heterocycles. The van der Waals surface area contributed by atoms with E-state index in [4.69, 9.17) is 5.73 Å². The highest BCUT2D eigenvalue weighted by Crippen LogP contribution is 2.17. The van der Waals surface area contributed by atoms with Crippen molar-refractivity contribution in [2.24, 2.45) is 0 Å². The van der Waals surface area contributed by atoms with Crippen LogP contribution >= 0.6 is 0 Å². The maximum Gasteiger partial charge on any atom is 0.327 e. The zero-order valence-electron chi connectivity index (χ0n) is 9.20. The summed E-state index contributed by atoms with van der Waals surface area (Å²) in [6.45, 7) is 3.67. The van der Waals surface area contributed by atoms with E-state index < -0.39 is 0 Å². The van der Waals surface area contributed by atoms with Crippen molar-refractivity contribution in [2.45, 2.75) is 19.9 Å². The molecule has 0 aliphatic carbocycles. The van der Waals surface area contributed by atoms with Gasteiger partial charge in [-0.3, -0.25) is 0 Å². The Morgan fingerprint density at radius 2 is 2.20 bits per heavy atom. The lowest BCUT2D eigenvalue weighted by molar-refractivity contribution is -0.141. The van der Waals surface area contributed by atoms with Gasteiger partial charge in [0.1, 0.15) is 6.04 Å². The lowest BCUT2D eigenvalue weighted by Crippen LogP contribution is -2.27. The maximum atomic E-state index is 11.2. The van der Waals surface area contributed by atoms with Crippen molar-refractivity contribution in [2.75, 3.05) is 18.2 Å². The first-order valence-corrected chi connectivity index (χ1v) is 4.75. The summed E-state index contributed by atoms with van der Waals surface area (Å²) in [5.74, 6) is -0.288. The Bertz CT molecular complexity index is 364. The number of aryl methyl sites for hydroxylation is 1. The van der Waals surface area contributed by atoms with Gasteiger partial charge in [0.25, 0.3) is 0 Å². The van der Waals surface area contributed by atoms with Crippen LogP contribution in [-0.2, 0) is 9.53 Å². The number of ether oxygens (including phenoxy) is 1. The Hall–Kier alpha value is -1.71. The molecule has 82 valence electrons. The van der Waals surface area contributed by atoms with Crippen LogP contribution in [0.5, 0.6) is 0 Å². The molecule has 0 heterocycles. The summed E-state index contributed by atoms with van der Waals surface area (Å²) in [4.78, 5) is 11.2. The van der Waals surface area contributed by atoms with Crippen LogP contribution in [0.2, 0.25) is 0 Å². The van der Waals surface area contributed by atoms with Crippen LogP contribution in [0.3, 0.4) is 0 Å². The number of rotatable bonds is 3. The second-order valence-electron chi connectivity index (χ2n) is 3.46. The average molecular weight is 208 g/mol. The standard InChI is InChI=1S/C11H16N2O2/c1-7-6-9(4-5-10(7)12)13-8(2)11(14)15-3/h4-6,8,13H,12H2,1-3H3. The minimum absolute atomic E-state index is 0.288. The first-order chi connectivity index (χ1) is 7.04. The molecule has 0 aliphatic heterocycles. The first kappa shape index (κ1) is 11.4. The summed E-state index contributed by atoms with van der Waals surface area (Å²) >= 11 is 0. The molecular formula is C11H16N2O2. The number of methoxy groups -OCH3 is 1. The summed E-state index contributed by atoms with van der Waals surface area (Å²) in [6.07, 6.45) is 0. The zero-order chi connectivity index (χ0) is 11.4. The highest BCUT2D eigenvalue weighted by atomic mass is 16.5. The molecule has 1 unspecified atom stereocenters. The molecule has 0 radical (unpaired) electrons. The van der Waals surface area contributed by atoms with Crippen molar-refractivity contribution >= 4 is 17.3 Å². The quantitative estimate of drug-likeness (QED) is 0.584. The third-order valence-corrected chi connectivity index (χ3v) is 2.21. The third-order valence-electron chi connectivity index (χ3n) is 2.21. The number of esters is 1. The molecular weight excluding hydrogens is 192 g/mol. The molecule has 0 bridgehead atoms. The molecule has 1 aromatic rings. The largest absolute Gasteiger partial charge is 0.467 e. The first-order valence-electron chi connectivity index (χ1n) is 4.75. The number of anilines is 2. The van der Waals surface area contributed by atoms with Crippen LogP contribution in [0.25, 0.3) is 0 Å². The highest BCUT2D eigenvalue weighted by Gasteiger charge is 2.12. The number of hydrogen-bond acceptors (Lipinski definition) is 4. The van der Waals surface area contributed by atoms with E-state index >= 15 is 0 Å².